The number of likely N-dealkylation sites (N-methyl/N-ethyl adjacent to an activating group) is 1. The third kappa shape index (κ3) is 5.15. The summed E-state index contributed by atoms with van der Waals surface area (Å²) in [4.78, 5) is 29.5. The van der Waals surface area contributed by atoms with Gasteiger partial charge in [-0.25, -0.2) is 0 Å². The van der Waals surface area contributed by atoms with Gasteiger partial charge in [0.05, 0.1) is 6.54 Å². The van der Waals surface area contributed by atoms with Crippen LogP contribution < -0.4 is 10.6 Å². The van der Waals surface area contributed by atoms with Gasteiger partial charge in [-0.15, -0.1) is 0 Å². The monoisotopic (exact) mass is 394 g/mol. The Bertz CT molecular complexity index is 842. The van der Waals surface area contributed by atoms with E-state index in [0.29, 0.717) is 13.0 Å². The molecule has 2 aromatic carbocycles. The first-order valence-corrected chi connectivity index (χ1v) is 10.2. The molecule has 29 heavy (non-hydrogen) atoms. The minimum Gasteiger partial charge on any atom is -0.368 e. The Balaban J connectivity index is 1.65. The largest absolute Gasteiger partial charge is 0.368 e. The van der Waals surface area contributed by atoms with Gasteiger partial charge >= 0.3 is 0 Å². The summed E-state index contributed by atoms with van der Waals surface area (Å²) in [5.74, 6) is 0.166. The fraction of sp³-hybridized carbons (Fsp3) is 0.391. The summed E-state index contributed by atoms with van der Waals surface area (Å²) in [6, 6.07) is 16.8. The maximum atomic E-state index is 11.8. The summed E-state index contributed by atoms with van der Waals surface area (Å²) in [5, 5.41) is 0. The molecule has 0 atom stereocenters. The van der Waals surface area contributed by atoms with E-state index in [-0.39, 0.29) is 18.4 Å². The van der Waals surface area contributed by atoms with E-state index in [4.69, 9.17) is 5.73 Å². The standard InChI is InChI=1S/C23H30N4O2/c1-3-22(28)27-13-11-26(12-14-27)21-9-7-19(8-10-21)20-6-4-5-18(15-20)17-25(2)23(29)16-24/h4-10,15H,3,11-14,16-17,24H2,1-2H3. The van der Waals surface area contributed by atoms with Crippen molar-refractivity contribution in [2.75, 3.05) is 44.7 Å². The molecule has 0 spiro atoms. The molecule has 1 fully saturated rings. The highest BCUT2D eigenvalue weighted by atomic mass is 16.2. The van der Waals surface area contributed by atoms with E-state index in [9.17, 15) is 9.59 Å². The fourth-order valence-corrected chi connectivity index (χ4v) is 3.67. The minimum absolute atomic E-state index is 0.0263. The lowest BCUT2D eigenvalue weighted by Gasteiger charge is -2.36. The van der Waals surface area contributed by atoms with E-state index >= 15 is 0 Å². The van der Waals surface area contributed by atoms with Crippen LogP contribution in [-0.2, 0) is 16.1 Å². The van der Waals surface area contributed by atoms with Crippen molar-refractivity contribution >= 4 is 17.5 Å². The molecule has 6 heteroatoms. The number of rotatable bonds is 6. The smallest absolute Gasteiger partial charge is 0.236 e. The van der Waals surface area contributed by atoms with Gasteiger partial charge in [0.1, 0.15) is 0 Å². The molecule has 1 heterocycles. The van der Waals surface area contributed by atoms with Crippen LogP contribution in [-0.4, -0.2) is 61.4 Å². The number of nitrogens with two attached hydrogens (primary N) is 1. The quantitative estimate of drug-likeness (QED) is 0.816. The van der Waals surface area contributed by atoms with E-state index < -0.39 is 0 Å². The van der Waals surface area contributed by atoms with Crippen molar-refractivity contribution in [2.24, 2.45) is 5.73 Å². The van der Waals surface area contributed by atoms with Crippen LogP contribution in [0.15, 0.2) is 48.5 Å². The van der Waals surface area contributed by atoms with Crippen molar-refractivity contribution in [1.29, 1.82) is 0 Å². The van der Waals surface area contributed by atoms with Gasteiger partial charge in [0.2, 0.25) is 11.8 Å². The second kappa shape index (κ2) is 9.56. The topological polar surface area (TPSA) is 69.9 Å². The van der Waals surface area contributed by atoms with Crippen LogP contribution in [0, 0.1) is 0 Å². The molecule has 154 valence electrons. The van der Waals surface area contributed by atoms with Crippen LogP contribution >= 0.6 is 0 Å². The van der Waals surface area contributed by atoms with Crippen LogP contribution in [0.3, 0.4) is 0 Å². The first kappa shape index (κ1) is 20.9. The second-order valence-electron chi connectivity index (χ2n) is 7.42. The Morgan fingerprint density at radius 3 is 2.31 bits per heavy atom. The molecule has 1 saturated heterocycles. The van der Waals surface area contributed by atoms with E-state index in [1.165, 1.54) is 5.69 Å². The molecule has 0 bridgehead atoms. The molecule has 1 aliphatic rings. The molecular formula is C23H30N4O2. The predicted molar refractivity (Wildman–Crippen MR) is 116 cm³/mol. The Hall–Kier alpha value is -2.86. The van der Waals surface area contributed by atoms with Gasteiger partial charge in [0.25, 0.3) is 0 Å². The van der Waals surface area contributed by atoms with Crippen molar-refractivity contribution in [3.05, 3.63) is 54.1 Å². The molecule has 0 saturated carbocycles. The van der Waals surface area contributed by atoms with Crippen molar-refractivity contribution in [2.45, 2.75) is 19.9 Å². The highest BCUT2D eigenvalue weighted by molar-refractivity contribution is 5.78. The second-order valence-corrected chi connectivity index (χ2v) is 7.42. The molecular weight excluding hydrogens is 364 g/mol. The summed E-state index contributed by atoms with van der Waals surface area (Å²) in [5.41, 5.74) is 9.96. The highest BCUT2D eigenvalue weighted by Crippen LogP contribution is 2.25. The van der Waals surface area contributed by atoms with Crippen molar-refractivity contribution in [3.8, 4) is 11.1 Å². The zero-order valence-electron chi connectivity index (χ0n) is 17.3. The van der Waals surface area contributed by atoms with Gasteiger partial charge in [0, 0.05) is 51.9 Å². The third-order valence-electron chi connectivity index (χ3n) is 5.45. The molecule has 6 nitrogen and oxygen atoms in total. The van der Waals surface area contributed by atoms with Crippen LogP contribution in [0.1, 0.15) is 18.9 Å². The zero-order valence-corrected chi connectivity index (χ0v) is 17.3. The number of amides is 2. The number of carbonyl (C=O) groups is 2. The van der Waals surface area contributed by atoms with E-state index in [0.717, 1.165) is 42.9 Å². The maximum absolute atomic E-state index is 11.8. The van der Waals surface area contributed by atoms with Gasteiger partial charge in [-0.05, 0) is 34.9 Å². The highest BCUT2D eigenvalue weighted by Gasteiger charge is 2.20. The molecule has 0 unspecified atom stereocenters. The Labute approximate surface area is 172 Å². The molecule has 0 radical (unpaired) electrons. The minimum atomic E-state index is -0.0690. The molecule has 2 aromatic rings. The number of piperazine rings is 1. The Kier molecular flexibility index (Phi) is 6.88. The lowest BCUT2D eigenvalue weighted by molar-refractivity contribution is -0.131. The summed E-state index contributed by atoms with van der Waals surface area (Å²) in [6.07, 6.45) is 0.573. The summed E-state index contributed by atoms with van der Waals surface area (Å²) in [7, 11) is 1.77. The number of hydrogen-bond acceptors (Lipinski definition) is 4. The van der Waals surface area contributed by atoms with E-state index in [2.05, 4.69) is 41.3 Å². The Morgan fingerprint density at radius 2 is 1.69 bits per heavy atom. The molecule has 0 aliphatic carbocycles. The lowest BCUT2D eigenvalue weighted by atomic mass is 10.0. The average Bonchev–Trinajstić information content (AvgIpc) is 2.78. The average molecular weight is 395 g/mol. The number of carbonyl (C=O) groups excluding carboxylic acids is 2. The first-order chi connectivity index (χ1) is 14.0. The van der Waals surface area contributed by atoms with Crippen LogP contribution in [0.4, 0.5) is 5.69 Å². The summed E-state index contributed by atoms with van der Waals surface area (Å²) in [6.45, 7) is 5.78. The van der Waals surface area contributed by atoms with Gasteiger partial charge in [-0.1, -0.05) is 37.3 Å². The number of benzene rings is 2. The summed E-state index contributed by atoms with van der Waals surface area (Å²) < 4.78 is 0. The van der Waals surface area contributed by atoms with Crippen molar-refractivity contribution in [3.63, 3.8) is 0 Å². The lowest BCUT2D eigenvalue weighted by Crippen LogP contribution is -2.48. The van der Waals surface area contributed by atoms with E-state index in [1.807, 2.05) is 24.0 Å². The number of anilines is 1. The van der Waals surface area contributed by atoms with Crippen LogP contribution in [0.5, 0.6) is 0 Å². The van der Waals surface area contributed by atoms with Crippen molar-refractivity contribution in [1.82, 2.24) is 9.80 Å². The summed E-state index contributed by atoms with van der Waals surface area (Å²) >= 11 is 0. The molecule has 3 rings (SSSR count). The fourth-order valence-electron chi connectivity index (χ4n) is 3.67. The van der Waals surface area contributed by atoms with Gasteiger partial charge in [-0.3, -0.25) is 9.59 Å². The van der Waals surface area contributed by atoms with Crippen molar-refractivity contribution < 1.29 is 9.59 Å². The van der Waals surface area contributed by atoms with Gasteiger partial charge in [0.15, 0.2) is 0 Å². The predicted octanol–water partition coefficient (Wildman–Crippen LogP) is 2.33. The zero-order chi connectivity index (χ0) is 20.8. The number of nitrogens with zero attached hydrogens (tertiary/aromatic N) is 3. The first-order valence-electron chi connectivity index (χ1n) is 10.2. The van der Waals surface area contributed by atoms with Gasteiger partial charge in [-0.2, -0.15) is 0 Å². The molecule has 2 N–H and O–H groups in total. The SMILES string of the molecule is CCC(=O)N1CCN(c2ccc(-c3cccc(CN(C)C(=O)CN)c3)cc2)CC1. The molecule has 0 aromatic heterocycles. The van der Waals surface area contributed by atoms with Crippen LogP contribution in [0.25, 0.3) is 11.1 Å². The maximum Gasteiger partial charge on any atom is 0.236 e. The number of hydrogen-bond donors (Lipinski definition) is 1. The van der Waals surface area contributed by atoms with E-state index in [1.54, 1.807) is 11.9 Å². The normalized spacial score (nSPS) is 14.0. The molecule has 2 amide bonds. The van der Waals surface area contributed by atoms with Crippen LogP contribution in [0.2, 0.25) is 0 Å². The Morgan fingerprint density at radius 1 is 1.00 bits per heavy atom. The third-order valence-corrected chi connectivity index (χ3v) is 5.45. The molecule has 1 aliphatic heterocycles. The van der Waals surface area contributed by atoms with Gasteiger partial charge < -0.3 is 20.4 Å².